The minimum Gasteiger partial charge on any atom is -0.360 e. The van der Waals surface area contributed by atoms with Gasteiger partial charge in [0.2, 0.25) is 0 Å². The third-order valence-electron chi connectivity index (χ3n) is 4.82. The number of aromatic nitrogens is 3. The van der Waals surface area contributed by atoms with Gasteiger partial charge in [-0.05, 0) is 42.2 Å². The monoisotopic (exact) mass is 435 g/mol. The van der Waals surface area contributed by atoms with E-state index >= 15 is 0 Å². The smallest absolute Gasteiger partial charge is 0.251 e. The molecule has 0 radical (unpaired) electrons. The summed E-state index contributed by atoms with van der Waals surface area (Å²) < 4.78 is 0. The van der Waals surface area contributed by atoms with E-state index in [1.54, 1.807) is 24.2 Å². The molecule has 2 aromatic heterocycles. The lowest BCUT2D eigenvalue weighted by atomic mass is 10.1. The molecular weight excluding hydrogens is 406 g/mol. The summed E-state index contributed by atoms with van der Waals surface area (Å²) >= 11 is 1.62. The van der Waals surface area contributed by atoms with E-state index in [1.807, 2.05) is 36.4 Å². The van der Waals surface area contributed by atoms with Crippen LogP contribution in [-0.2, 0) is 18.7 Å². The first-order valence-corrected chi connectivity index (χ1v) is 11.6. The predicted molar refractivity (Wildman–Crippen MR) is 126 cm³/mol. The molecular formula is C24H29N5OS. The minimum atomic E-state index is -0.0920. The second kappa shape index (κ2) is 11.5. The highest BCUT2D eigenvalue weighted by Crippen LogP contribution is 2.23. The molecule has 0 aliphatic heterocycles. The van der Waals surface area contributed by atoms with Crippen LogP contribution in [0.15, 0.2) is 60.0 Å². The van der Waals surface area contributed by atoms with Crippen molar-refractivity contribution in [3.63, 3.8) is 0 Å². The zero-order valence-corrected chi connectivity index (χ0v) is 19.2. The van der Waals surface area contributed by atoms with Crippen LogP contribution in [-0.4, -0.2) is 34.5 Å². The van der Waals surface area contributed by atoms with Gasteiger partial charge in [0, 0.05) is 55.6 Å². The second-order valence-corrected chi connectivity index (χ2v) is 8.25. The maximum atomic E-state index is 12.4. The third-order valence-corrected chi connectivity index (χ3v) is 5.74. The van der Waals surface area contributed by atoms with Gasteiger partial charge < -0.3 is 10.2 Å². The second-order valence-electron chi connectivity index (χ2n) is 7.30. The van der Waals surface area contributed by atoms with Crippen LogP contribution in [0, 0.1) is 0 Å². The SMILES string of the molecule is CCCN(C)c1cc(CC)nc(SCc2ccc(C(=O)NCc3cccnc3)cc2)n1. The van der Waals surface area contributed by atoms with Crippen molar-refractivity contribution in [3.05, 3.63) is 77.2 Å². The molecule has 1 amide bonds. The number of rotatable bonds is 10. The Morgan fingerprint density at radius 1 is 1.10 bits per heavy atom. The summed E-state index contributed by atoms with van der Waals surface area (Å²) in [5, 5.41) is 3.71. The Balaban J connectivity index is 1.58. The van der Waals surface area contributed by atoms with Crippen LogP contribution in [0.3, 0.4) is 0 Å². The Labute approximate surface area is 188 Å². The summed E-state index contributed by atoms with van der Waals surface area (Å²) in [4.78, 5) is 28.0. The van der Waals surface area contributed by atoms with Gasteiger partial charge in [0.25, 0.3) is 5.91 Å². The third kappa shape index (κ3) is 6.79. The van der Waals surface area contributed by atoms with Crippen molar-refractivity contribution in [1.29, 1.82) is 0 Å². The first kappa shape index (κ1) is 22.7. The van der Waals surface area contributed by atoms with Crippen molar-refractivity contribution in [2.24, 2.45) is 0 Å². The number of anilines is 1. The highest BCUT2D eigenvalue weighted by molar-refractivity contribution is 7.98. The van der Waals surface area contributed by atoms with Crippen LogP contribution in [0.4, 0.5) is 5.82 Å². The topological polar surface area (TPSA) is 71.0 Å². The highest BCUT2D eigenvalue weighted by atomic mass is 32.2. The van der Waals surface area contributed by atoms with Gasteiger partial charge in [-0.3, -0.25) is 9.78 Å². The zero-order valence-electron chi connectivity index (χ0n) is 18.3. The van der Waals surface area contributed by atoms with Crippen molar-refractivity contribution in [3.8, 4) is 0 Å². The molecule has 0 aliphatic rings. The maximum Gasteiger partial charge on any atom is 0.251 e. The summed E-state index contributed by atoms with van der Waals surface area (Å²) in [5.41, 5.74) is 3.80. The Kier molecular flexibility index (Phi) is 8.41. The van der Waals surface area contributed by atoms with Gasteiger partial charge >= 0.3 is 0 Å². The molecule has 7 heteroatoms. The highest BCUT2D eigenvalue weighted by Gasteiger charge is 2.09. The molecule has 0 spiro atoms. The molecule has 0 fully saturated rings. The van der Waals surface area contributed by atoms with E-state index in [0.717, 1.165) is 52.9 Å². The number of amides is 1. The number of aryl methyl sites for hydroxylation is 1. The molecule has 0 aliphatic carbocycles. The Hall–Kier alpha value is -2.93. The molecule has 2 heterocycles. The molecule has 162 valence electrons. The van der Waals surface area contributed by atoms with Crippen molar-refractivity contribution < 1.29 is 4.79 Å². The fourth-order valence-electron chi connectivity index (χ4n) is 3.04. The van der Waals surface area contributed by atoms with Crippen LogP contribution in [0.5, 0.6) is 0 Å². The van der Waals surface area contributed by atoms with Gasteiger partial charge in [0.1, 0.15) is 5.82 Å². The standard InChI is InChI=1S/C24H29N5OS/c1-4-13-29(3)22-14-21(5-2)27-24(28-22)31-17-18-8-10-20(11-9-18)23(30)26-16-19-7-6-12-25-15-19/h6-12,14-15H,4-5,13,16-17H2,1-3H3,(H,26,30). The summed E-state index contributed by atoms with van der Waals surface area (Å²) in [6.45, 7) is 5.70. The maximum absolute atomic E-state index is 12.4. The number of carbonyl (C=O) groups is 1. The van der Waals surface area contributed by atoms with E-state index in [9.17, 15) is 4.79 Å². The molecule has 0 bridgehead atoms. The summed E-state index contributed by atoms with van der Waals surface area (Å²) in [7, 11) is 2.07. The van der Waals surface area contributed by atoms with Gasteiger partial charge in [-0.2, -0.15) is 0 Å². The van der Waals surface area contributed by atoms with Crippen LogP contribution in [0.2, 0.25) is 0 Å². The fraction of sp³-hybridized carbons (Fsp3) is 0.333. The number of hydrogen-bond donors (Lipinski definition) is 1. The number of thioether (sulfide) groups is 1. The lowest BCUT2D eigenvalue weighted by Crippen LogP contribution is -2.22. The fourth-order valence-corrected chi connectivity index (χ4v) is 3.87. The van der Waals surface area contributed by atoms with E-state index in [4.69, 9.17) is 4.98 Å². The van der Waals surface area contributed by atoms with Crippen LogP contribution < -0.4 is 10.2 Å². The van der Waals surface area contributed by atoms with Crippen molar-refractivity contribution in [2.75, 3.05) is 18.5 Å². The molecule has 0 atom stereocenters. The lowest BCUT2D eigenvalue weighted by molar-refractivity contribution is 0.0951. The van der Waals surface area contributed by atoms with E-state index in [-0.39, 0.29) is 5.91 Å². The molecule has 3 rings (SSSR count). The number of pyridine rings is 1. The molecule has 1 N–H and O–H groups in total. The van der Waals surface area contributed by atoms with Crippen molar-refractivity contribution >= 4 is 23.5 Å². The zero-order chi connectivity index (χ0) is 22.1. The summed E-state index contributed by atoms with van der Waals surface area (Å²) in [6.07, 6.45) is 5.43. The lowest BCUT2D eigenvalue weighted by Gasteiger charge is -2.18. The average Bonchev–Trinajstić information content (AvgIpc) is 2.82. The molecule has 1 aromatic carbocycles. The quantitative estimate of drug-likeness (QED) is 0.373. The molecule has 0 unspecified atom stereocenters. The number of nitrogens with one attached hydrogen (secondary N) is 1. The Bertz CT molecular complexity index is 979. The molecule has 0 saturated heterocycles. The van der Waals surface area contributed by atoms with Gasteiger partial charge in [-0.25, -0.2) is 9.97 Å². The number of hydrogen-bond acceptors (Lipinski definition) is 6. The largest absolute Gasteiger partial charge is 0.360 e. The molecule has 6 nitrogen and oxygen atoms in total. The molecule has 31 heavy (non-hydrogen) atoms. The first-order chi connectivity index (χ1) is 15.1. The van der Waals surface area contributed by atoms with Crippen LogP contribution in [0.25, 0.3) is 0 Å². The van der Waals surface area contributed by atoms with E-state index < -0.39 is 0 Å². The predicted octanol–water partition coefficient (Wildman–Crippen LogP) is 4.50. The Morgan fingerprint density at radius 3 is 2.58 bits per heavy atom. The summed E-state index contributed by atoms with van der Waals surface area (Å²) in [5.74, 6) is 1.63. The van der Waals surface area contributed by atoms with Crippen molar-refractivity contribution in [2.45, 2.75) is 44.1 Å². The van der Waals surface area contributed by atoms with Crippen LogP contribution in [0.1, 0.15) is 47.4 Å². The van der Waals surface area contributed by atoms with Crippen LogP contribution >= 0.6 is 11.8 Å². The summed E-state index contributed by atoms with van der Waals surface area (Å²) in [6, 6.07) is 13.6. The molecule has 0 saturated carbocycles. The van der Waals surface area contributed by atoms with Gasteiger partial charge in [-0.15, -0.1) is 0 Å². The van der Waals surface area contributed by atoms with E-state index in [0.29, 0.717) is 12.1 Å². The number of carbonyl (C=O) groups excluding carboxylic acids is 1. The van der Waals surface area contributed by atoms with Gasteiger partial charge in [0.15, 0.2) is 5.16 Å². The van der Waals surface area contributed by atoms with Gasteiger partial charge in [0.05, 0.1) is 0 Å². The average molecular weight is 436 g/mol. The number of benzene rings is 1. The van der Waals surface area contributed by atoms with E-state index in [1.165, 1.54) is 0 Å². The minimum absolute atomic E-state index is 0.0920. The Morgan fingerprint density at radius 2 is 1.90 bits per heavy atom. The normalized spacial score (nSPS) is 10.7. The molecule has 3 aromatic rings. The number of nitrogens with zero attached hydrogens (tertiary/aromatic N) is 4. The van der Waals surface area contributed by atoms with E-state index in [2.05, 4.69) is 47.1 Å². The first-order valence-electron chi connectivity index (χ1n) is 10.6. The van der Waals surface area contributed by atoms with Crippen molar-refractivity contribution in [1.82, 2.24) is 20.3 Å². The van der Waals surface area contributed by atoms with Gasteiger partial charge in [-0.1, -0.05) is 43.8 Å².